The van der Waals surface area contributed by atoms with E-state index in [2.05, 4.69) is 11.1 Å². The molecular formula is C25H17ClN2O. The summed E-state index contributed by atoms with van der Waals surface area (Å²) in [6, 6.07) is 29.3. The number of hydrogen-bond donors (Lipinski definition) is 0. The number of benzene rings is 3. The van der Waals surface area contributed by atoms with Crippen molar-refractivity contribution in [2.45, 2.75) is 6.92 Å². The van der Waals surface area contributed by atoms with Gasteiger partial charge in [-0.05, 0) is 30.2 Å². The summed E-state index contributed by atoms with van der Waals surface area (Å²) in [6.45, 7) is 1.89. The van der Waals surface area contributed by atoms with Crippen LogP contribution in [0.1, 0.15) is 18.1 Å². The van der Waals surface area contributed by atoms with E-state index in [0.717, 1.165) is 28.0 Å². The topological polar surface area (TPSA) is 49.3 Å². The molecule has 0 saturated carbocycles. The molecule has 1 aromatic heterocycles. The number of nitrogens with zero attached hydrogens (tertiary/aromatic N) is 2. The van der Waals surface area contributed by atoms with Crippen LogP contribution >= 0.6 is 11.6 Å². The Balaban J connectivity index is 1.92. The average Bonchev–Trinajstić information content (AvgIpc) is 3.13. The lowest BCUT2D eigenvalue weighted by Gasteiger charge is -2.03. The SMILES string of the molecule is C/C(=N\c1oc(-c2ccccc2)c(-c2ccccc2)c1C#N)c1ccc(Cl)cc1. The van der Waals surface area contributed by atoms with Gasteiger partial charge in [0.05, 0.1) is 0 Å². The van der Waals surface area contributed by atoms with E-state index in [1.807, 2.05) is 91.9 Å². The molecule has 0 fully saturated rings. The quantitative estimate of drug-likeness (QED) is 0.340. The van der Waals surface area contributed by atoms with Gasteiger partial charge in [0.15, 0.2) is 0 Å². The van der Waals surface area contributed by atoms with Crippen molar-refractivity contribution in [2.75, 3.05) is 0 Å². The third-order valence-electron chi connectivity index (χ3n) is 4.63. The second-order valence-corrected chi connectivity index (χ2v) is 6.97. The van der Waals surface area contributed by atoms with Gasteiger partial charge >= 0.3 is 0 Å². The van der Waals surface area contributed by atoms with E-state index < -0.39 is 0 Å². The van der Waals surface area contributed by atoms with Crippen LogP contribution in [0.4, 0.5) is 5.88 Å². The van der Waals surface area contributed by atoms with Crippen LogP contribution in [0.5, 0.6) is 0 Å². The molecule has 0 saturated heterocycles. The van der Waals surface area contributed by atoms with Gasteiger partial charge in [0.25, 0.3) is 0 Å². The van der Waals surface area contributed by atoms with E-state index in [1.54, 1.807) is 0 Å². The van der Waals surface area contributed by atoms with Gasteiger partial charge in [-0.1, -0.05) is 84.4 Å². The Morgan fingerprint density at radius 1 is 0.862 bits per heavy atom. The molecule has 4 aromatic rings. The zero-order valence-electron chi connectivity index (χ0n) is 15.8. The van der Waals surface area contributed by atoms with Crippen molar-refractivity contribution in [1.82, 2.24) is 0 Å². The zero-order valence-corrected chi connectivity index (χ0v) is 16.5. The van der Waals surface area contributed by atoms with Crippen LogP contribution in [-0.2, 0) is 0 Å². The van der Waals surface area contributed by atoms with Crippen molar-refractivity contribution in [1.29, 1.82) is 5.26 Å². The minimum Gasteiger partial charge on any atom is -0.436 e. The first-order valence-electron chi connectivity index (χ1n) is 9.16. The summed E-state index contributed by atoms with van der Waals surface area (Å²) in [5.41, 5.74) is 4.64. The summed E-state index contributed by atoms with van der Waals surface area (Å²) < 4.78 is 6.16. The van der Waals surface area contributed by atoms with Crippen molar-refractivity contribution in [3.63, 3.8) is 0 Å². The van der Waals surface area contributed by atoms with Crippen molar-refractivity contribution in [3.8, 4) is 28.5 Å². The fraction of sp³-hybridized carbons (Fsp3) is 0.0400. The third kappa shape index (κ3) is 3.85. The Bertz CT molecular complexity index is 1200. The second kappa shape index (κ2) is 8.18. The molecule has 3 aromatic carbocycles. The summed E-state index contributed by atoms with van der Waals surface area (Å²) in [4.78, 5) is 4.65. The van der Waals surface area contributed by atoms with E-state index in [-0.39, 0.29) is 0 Å². The Morgan fingerprint density at radius 3 is 2.03 bits per heavy atom. The number of nitriles is 1. The number of rotatable bonds is 4. The van der Waals surface area contributed by atoms with E-state index in [1.165, 1.54) is 0 Å². The predicted molar refractivity (Wildman–Crippen MR) is 118 cm³/mol. The highest BCUT2D eigenvalue weighted by molar-refractivity contribution is 6.30. The highest BCUT2D eigenvalue weighted by Gasteiger charge is 2.23. The lowest BCUT2D eigenvalue weighted by Crippen LogP contribution is -1.93. The molecule has 1 heterocycles. The molecule has 0 aliphatic carbocycles. The molecule has 0 bridgehead atoms. The van der Waals surface area contributed by atoms with Gasteiger partial charge in [-0.2, -0.15) is 5.26 Å². The minimum atomic E-state index is 0.303. The molecule has 0 N–H and O–H groups in total. The van der Waals surface area contributed by atoms with E-state index >= 15 is 0 Å². The second-order valence-electron chi connectivity index (χ2n) is 6.53. The minimum absolute atomic E-state index is 0.303. The maximum Gasteiger partial charge on any atom is 0.238 e. The highest BCUT2D eigenvalue weighted by atomic mass is 35.5. The standard InChI is InChI=1S/C25H17ClN2O/c1-17(18-12-14-21(26)15-13-18)28-25-22(16-27)23(19-8-4-2-5-9-19)24(29-25)20-10-6-3-7-11-20/h2-15H,1H3/b28-17+. The summed E-state index contributed by atoms with van der Waals surface area (Å²) in [6.07, 6.45) is 0. The summed E-state index contributed by atoms with van der Waals surface area (Å²) in [5, 5.41) is 10.6. The summed E-state index contributed by atoms with van der Waals surface area (Å²) in [5.74, 6) is 0.939. The molecule has 0 spiro atoms. The Kier molecular flexibility index (Phi) is 5.29. The van der Waals surface area contributed by atoms with E-state index in [4.69, 9.17) is 16.0 Å². The maximum absolute atomic E-state index is 9.94. The predicted octanol–water partition coefficient (Wildman–Crippen LogP) is 7.28. The van der Waals surface area contributed by atoms with Gasteiger partial charge in [-0.25, -0.2) is 4.99 Å². The monoisotopic (exact) mass is 396 g/mol. The van der Waals surface area contributed by atoms with Gasteiger partial charge in [-0.3, -0.25) is 0 Å². The van der Waals surface area contributed by atoms with Crippen molar-refractivity contribution in [3.05, 3.63) is 101 Å². The van der Waals surface area contributed by atoms with Crippen LogP contribution in [0.25, 0.3) is 22.5 Å². The Labute approximate surface area is 174 Å². The number of aliphatic imine (C=N–C) groups is 1. The van der Waals surface area contributed by atoms with Crippen molar-refractivity contribution < 1.29 is 4.42 Å². The van der Waals surface area contributed by atoms with Gasteiger partial charge in [0, 0.05) is 21.9 Å². The van der Waals surface area contributed by atoms with Gasteiger partial charge in [-0.15, -0.1) is 0 Å². The summed E-state index contributed by atoms with van der Waals surface area (Å²) >= 11 is 5.98. The van der Waals surface area contributed by atoms with Crippen LogP contribution < -0.4 is 0 Å². The van der Waals surface area contributed by atoms with Gasteiger partial charge in [0.1, 0.15) is 17.4 Å². The lowest BCUT2D eigenvalue weighted by molar-refractivity contribution is 0.592. The first kappa shape index (κ1) is 18.7. The van der Waals surface area contributed by atoms with Crippen LogP contribution in [-0.4, -0.2) is 5.71 Å². The first-order valence-corrected chi connectivity index (χ1v) is 9.54. The van der Waals surface area contributed by atoms with Crippen LogP contribution in [0.3, 0.4) is 0 Å². The molecule has 0 amide bonds. The Hall–Kier alpha value is -3.61. The molecule has 140 valence electrons. The molecule has 4 heteroatoms. The molecule has 0 unspecified atom stereocenters. The van der Waals surface area contributed by atoms with Crippen LogP contribution in [0.2, 0.25) is 5.02 Å². The fourth-order valence-corrected chi connectivity index (χ4v) is 3.31. The van der Waals surface area contributed by atoms with E-state index in [0.29, 0.717) is 22.2 Å². The lowest BCUT2D eigenvalue weighted by atomic mass is 9.98. The smallest absolute Gasteiger partial charge is 0.238 e. The van der Waals surface area contributed by atoms with Gasteiger partial charge in [0.2, 0.25) is 5.88 Å². The number of hydrogen-bond acceptors (Lipinski definition) is 3. The number of halogens is 1. The average molecular weight is 397 g/mol. The van der Waals surface area contributed by atoms with Crippen LogP contribution in [0.15, 0.2) is 94.3 Å². The molecular weight excluding hydrogens is 380 g/mol. The highest BCUT2D eigenvalue weighted by Crippen LogP contribution is 2.42. The zero-order chi connectivity index (χ0) is 20.2. The first-order chi connectivity index (χ1) is 14.2. The third-order valence-corrected chi connectivity index (χ3v) is 4.88. The molecule has 0 radical (unpaired) electrons. The molecule has 4 rings (SSSR count). The van der Waals surface area contributed by atoms with Gasteiger partial charge < -0.3 is 4.42 Å². The molecule has 3 nitrogen and oxygen atoms in total. The maximum atomic E-state index is 9.94. The largest absolute Gasteiger partial charge is 0.436 e. The Morgan fingerprint density at radius 2 is 1.45 bits per heavy atom. The summed E-state index contributed by atoms with van der Waals surface area (Å²) in [7, 11) is 0. The number of furan rings is 1. The molecule has 0 aliphatic heterocycles. The molecule has 29 heavy (non-hydrogen) atoms. The van der Waals surface area contributed by atoms with E-state index in [9.17, 15) is 5.26 Å². The normalized spacial score (nSPS) is 11.3. The molecule has 0 atom stereocenters. The fourth-order valence-electron chi connectivity index (χ4n) is 3.18. The van der Waals surface area contributed by atoms with Crippen LogP contribution in [0, 0.1) is 11.3 Å². The van der Waals surface area contributed by atoms with Crippen molar-refractivity contribution >= 4 is 23.2 Å². The van der Waals surface area contributed by atoms with Crippen molar-refractivity contribution in [2.24, 2.45) is 4.99 Å². The molecule has 0 aliphatic rings.